The summed E-state index contributed by atoms with van der Waals surface area (Å²) < 4.78 is 21.1. The zero-order chi connectivity index (χ0) is 25.4. The molecule has 2 aliphatic heterocycles. The number of carbonyl (C=O) groups excluding carboxylic acids is 2. The molecule has 35 heavy (non-hydrogen) atoms. The monoisotopic (exact) mass is 493 g/mol. The van der Waals surface area contributed by atoms with Crippen molar-refractivity contribution in [3.05, 3.63) is 41.2 Å². The first-order chi connectivity index (χ1) is 16.6. The van der Waals surface area contributed by atoms with Crippen LogP contribution in [0.1, 0.15) is 19.4 Å². The first kappa shape index (κ1) is 25.1. The molecular weight excluding hydrogens is 466 g/mol. The topological polar surface area (TPSA) is 184 Å². The van der Waals surface area contributed by atoms with E-state index in [1.807, 2.05) is 0 Å². The molecule has 1 saturated carbocycles. The summed E-state index contributed by atoms with van der Waals surface area (Å²) in [5, 5.41) is 53.8. The summed E-state index contributed by atoms with van der Waals surface area (Å²) in [4.78, 5) is 24.1. The number of fused-ring (bicyclic) bond motifs is 1. The summed E-state index contributed by atoms with van der Waals surface area (Å²) in [6.07, 6.45) is -5.65. The van der Waals surface area contributed by atoms with Crippen LogP contribution in [-0.2, 0) is 23.8 Å². The molecule has 6 N–H and O–H groups in total. The molecule has 12 nitrogen and oxygen atoms in total. The molecule has 0 spiro atoms. The van der Waals surface area contributed by atoms with Crippen molar-refractivity contribution in [2.75, 3.05) is 6.79 Å². The predicted octanol–water partition coefficient (Wildman–Crippen LogP) is -1.31. The number of ether oxygens (including phenoxy) is 4. The Kier molecular flexibility index (Phi) is 7.12. The quantitative estimate of drug-likeness (QED) is 0.259. The van der Waals surface area contributed by atoms with Crippen molar-refractivity contribution in [1.82, 2.24) is 5.32 Å². The van der Waals surface area contributed by atoms with Gasteiger partial charge in [0, 0.05) is 12.5 Å². The normalized spacial score (nSPS) is 34.6. The van der Waals surface area contributed by atoms with Gasteiger partial charge in [-0.15, -0.1) is 0 Å². The molecule has 0 unspecified atom stereocenters. The van der Waals surface area contributed by atoms with Gasteiger partial charge in [-0.3, -0.25) is 9.59 Å². The molecule has 1 aromatic carbocycles. The highest BCUT2D eigenvalue weighted by atomic mass is 16.7. The van der Waals surface area contributed by atoms with E-state index in [1.165, 1.54) is 44.2 Å². The van der Waals surface area contributed by atoms with Crippen LogP contribution in [0.3, 0.4) is 0 Å². The second-order valence-electron chi connectivity index (χ2n) is 8.59. The lowest BCUT2D eigenvalue weighted by molar-refractivity contribution is -0.155. The Hall–Kier alpha value is -3.00. The van der Waals surface area contributed by atoms with Gasteiger partial charge in [-0.05, 0) is 36.8 Å². The molecule has 190 valence electrons. The number of carbonyl (C=O) groups is 2. The maximum atomic E-state index is 12.7. The average molecular weight is 493 g/mol. The van der Waals surface area contributed by atoms with Crippen molar-refractivity contribution < 1.29 is 54.1 Å². The first-order valence-electron chi connectivity index (χ1n) is 10.9. The van der Waals surface area contributed by atoms with Crippen LogP contribution in [0.4, 0.5) is 0 Å². The molecule has 1 aliphatic carbocycles. The smallest absolute Gasteiger partial charge is 0.270 e. The van der Waals surface area contributed by atoms with E-state index in [0.29, 0.717) is 5.56 Å². The molecule has 4 rings (SSSR count). The van der Waals surface area contributed by atoms with Crippen LogP contribution in [0.25, 0.3) is 6.08 Å². The molecule has 0 aromatic heterocycles. The van der Waals surface area contributed by atoms with Gasteiger partial charge in [0.25, 0.3) is 6.29 Å². The number of phenols is 1. The molecule has 1 saturated heterocycles. The van der Waals surface area contributed by atoms with Gasteiger partial charge in [0.2, 0.25) is 5.91 Å². The molecule has 1 amide bonds. The van der Waals surface area contributed by atoms with Gasteiger partial charge in [-0.1, -0.05) is 6.07 Å². The molecule has 0 radical (unpaired) electrons. The summed E-state index contributed by atoms with van der Waals surface area (Å²) in [6, 6.07) is 3.06. The summed E-state index contributed by atoms with van der Waals surface area (Å²) in [6.45, 7) is 2.63. The lowest BCUT2D eigenvalue weighted by Crippen LogP contribution is -2.67. The Morgan fingerprint density at radius 2 is 1.74 bits per heavy atom. The lowest BCUT2D eigenvalue weighted by Gasteiger charge is -2.41. The van der Waals surface area contributed by atoms with Gasteiger partial charge in [-0.25, -0.2) is 0 Å². The van der Waals surface area contributed by atoms with E-state index in [4.69, 9.17) is 18.9 Å². The van der Waals surface area contributed by atoms with Crippen molar-refractivity contribution in [1.29, 1.82) is 0 Å². The number of aromatic hydroxyl groups is 1. The second-order valence-corrected chi connectivity index (χ2v) is 8.59. The van der Waals surface area contributed by atoms with E-state index in [1.54, 1.807) is 0 Å². The first-order valence-corrected chi connectivity index (χ1v) is 10.9. The van der Waals surface area contributed by atoms with Crippen molar-refractivity contribution in [2.45, 2.75) is 62.8 Å². The Bertz CT molecular complexity index is 1050. The summed E-state index contributed by atoms with van der Waals surface area (Å²) >= 11 is 0. The van der Waals surface area contributed by atoms with Gasteiger partial charge < -0.3 is 49.8 Å². The number of benzene rings is 1. The number of rotatable bonds is 6. The number of aliphatic hydroxyl groups is 4. The highest BCUT2D eigenvalue weighted by molar-refractivity contribution is 5.97. The third-order valence-electron chi connectivity index (χ3n) is 6.06. The highest BCUT2D eigenvalue weighted by Crippen LogP contribution is 2.32. The van der Waals surface area contributed by atoms with Crippen LogP contribution >= 0.6 is 0 Å². The van der Waals surface area contributed by atoms with E-state index in [0.717, 1.165) is 0 Å². The fourth-order valence-electron chi connectivity index (χ4n) is 4.15. The number of hydrogen-bond donors (Lipinski definition) is 6. The maximum Gasteiger partial charge on any atom is 0.270 e. The van der Waals surface area contributed by atoms with Crippen LogP contribution in [0.15, 0.2) is 35.6 Å². The number of Topliss-reactive ketones (excluding diaryl/α,β-unsaturated/α-hetero) is 1. The van der Waals surface area contributed by atoms with Crippen molar-refractivity contribution >= 4 is 17.8 Å². The zero-order valence-corrected chi connectivity index (χ0v) is 18.9. The summed E-state index contributed by atoms with van der Waals surface area (Å²) in [7, 11) is 0. The molecule has 12 heteroatoms. The van der Waals surface area contributed by atoms with Crippen molar-refractivity contribution in [3.8, 4) is 11.5 Å². The molecule has 2 heterocycles. The minimum atomic E-state index is -1.48. The number of allylic oxidation sites excluding steroid dienone is 1. The van der Waals surface area contributed by atoms with E-state index >= 15 is 0 Å². The van der Waals surface area contributed by atoms with Crippen LogP contribution in [0.5, 0.6) is 11.5 Å². The highest BCUT2D eigenvalue weighted by Gasteiger charge is 2.53. The number of ketones is 1. The third kappa shape index (κ3) is 5.03. The number of hydrogen-bond acceptors (Lipinski definition) is 11. The fourth-order valence-corrected chi connectivity index (χ4v) is 4.15. The Balaban J connectivity index is 1.41. The van der Waals surface area contributed by atoms with Crippen molar-refractivity contribution in [3.63, 3.8) is 0 Å². The van der Waals surface area contributed by atoms with Crippen LogP contribution in [-0.4, -0.2) is 93.0 Å². The van der Waals surface area contributed by atoms with Gasteiger partial charge in [0.15, 0.2) is 23.0 Å². The van der Waals surface area contributed by atoms with Gasteiger partial charge in [-0.2, -0.15) is 0 Å². The van der Waals surface area contributed by atoms with Gasteiger partial charge >= 0.3 is 0 Å². The Morgan fingerprint density at radius 3 is 2.37 bits per heavy atom. The number of nitrogens with one attached hydrogen (secondary N) is 1. The lowest BCUT2D eigenvalue weighted by atomic mass is 9.83. The maximum absolute atomic E-state index is 12.7. The van der Waals surface area contributed by atoms with E-state index in [9.17, 15) is 35.1 Å². The molecule has 1 aromatic rings. The molecular formula is C23H27NO11. The predicted molar refractivity (Wildman–Crippen MR) is 117 cm³/mol. The average Bonchev–Trinajstić information content (AvgIpc) is 3.44. The standard InChI is InChI=1S/C23H27NO11/c1-9(22(31)24-16-17(28)19(30)21-20(18(16)29)32-8-33-21)5-11-3-4-14(12(26)6-11)34-23-13(27)7-15(35-23)10(2)25/h3-7,13,16-21,23,26-30H,8H2,1-2H3,(H,24,31)/b9-5+/t13-,16+,17-,18+,19+,20-,21+,23+/m0/s1. The second kappa shape index (κ2) is 9.93. The van der Waals surface area contributed by atoms with Gasteiger partial charge in [0.1, 0.15) is 43.4 Å². The van der Waals surface area contributed by atoms with Crippen LogP contribution in [0, 0.1) is 0 Å². The third-order valence-corrected chi connectivity index (χ3v) is 6.06. The molecule has 0 bridgehead atoms. The number of aliphatic hydroxyl groups excluding tert-OH is 4. The molecule has 8 atom stereocenters. The minimum absolute atomic E-state index is 0.0118. The Morgan fingerprint density at radius 1 is 1.06 bits per heavy atom. The van der Waals surface area contributed by atoms with Gasteiger partial charge in [0.05, 0.1) is 6.04 Å². The van der Waals surface area contributed by atoms with E-state index in [-0.39, 0.29) is 35.4 Å². The Labute approximate surface area is 200 Å². The minimum Gasteiger partial charge on any atom is -0.504 e. The number of phenolic OH excluding ortho intramolecular Hbond substituents is 1. The van der Waals surface area contributed by atoms with Crippen LogP contribution in [0.2, 0.25) is 0 Å². The van der Waals surface area contributed by atoms with E-state index in [2.05, 4.69) is 5.32 Å². The largest absolute Gasteiger partial charge is 0.504 e. The molecule has 2 fully saturated rings. The molecule has 3 aliphatic rings. The van der Waals surface area contributed by atoms with Crippen LogP contribution < -0.4 is 10.1 Å². The van der Waals surface area contributed by atoms with Crippen molar-refractivity contribution in [2.24, 2.45) is 0 Å². The fraction of sp³-hybridized carbons (Fsp3) is 0.478. The zero-order valence-electron chi connectivity index (χ0n) is 18.9. The van der Waals surface area contributed by atoms with E-state index < -0.39 is 54.9 Å². The number of amides is 1. The SMILES string of the molecule is CC(=O)C1=C[C@H](O)[C@H](Oc2ccc(/C=C(\C)C(=O)N[C@@H]3[C@H](O)[C@@H](O)[C@H]4OCO[C@H]4[C@@H]3O)cc2O)O1. The summed E-state index contributed by atoms with van der Waals surface area (Å²) in [5.74, 6) is -1.35. The summed E-state index contributed by atoms with van der Waals surface area (Å²) in [5.41, 5.74) is 0.609.